The summed E-state index contributed by atoms with van der Waals surface area (Å²) in [5.74, 6) is 0.778. The lowest BCUT2D eigenvalue weighted by molar-refractivity contribution is 0.567. The molecule has 0 unspecified atom stereocenters. The van der Waals surface area contributed by atoms with Gasteiger partial charge in [0.05, 0.1) is 12.5 Å². The lowest BCUT2D eigenvalue weighted by Crippen LogP contribution is -2.02. The van der Waals surface area contributed by atoms with E-state index in [-0.39, 0.29) is 0 Å². The molecule has 0 aromatic heterocycles. The molecule has 0 fully saturated rings. The molecule has 0 saturated carbocycles. The van der Waals surface area contributed by atoms with Gasteiger partial charge in [0.25, 0.3) is 0 Å². The molecule has 2 heteroatoms. The van der Waals surface area contributed by atoms with Gasteiger partial charge in [-0.3, -0.25) is 0 Å². The van der Waals surface area contributed by atoms with Gasteiger partial charge in [-0.2, -0.15) is 5.26 Å². The first-order valence-electron chi connectivity index (χ1n) is 5.92. The summed E-state index contributed by atoms with van der Waals surface area (Å²) in [6, 6.07) is 10.3. The summed E-state index contributed by atoms with van der Waals surface area (Å²) in [6.45, 7) is 5.52. The van der Waals surface area contributed by atoms with Crippen LogP contribution in [0.2, 0.25) is 0 Å². The fourth-order valence-electron chi connectivity index (χ4n) is 1.57. The van der Waals surface area contributed by atoms with Crippen molar-refractivity contribution >= 4 is 5.69 Å². The lowest BCUT2D eigenvalue weighted by atomic mass is 10.1. The summed E-state index contributed by atoms with van der Waals surface area (Å²) in [5.41, 5.74) is 2.22. The highest BCUT2D eigenvalue weighted by Crippen LogP contribution is 2.10. The van der Waals surface area contributed by atoms with Crippen molar-refractivity contribution in [1.82, 2.24) is 0 Å². The number of nitrogens with one attached hydrogen (secondary N) is 1. The van der Waals surface area contributed by atoms with Crippen LogP contribution in [0, 0.1) is 17.2 Å². The van der Waals surface area contributed by atoms with Crippen LogP contribution in [0.5, 0.6) is 0 Å². The van der Waals surface area contributed by atoms with Crippen molar-refractivity contribution in [3.8, 4) is 6.07 Å². The minimum Gasteiger partial charge on any atom is -0.385 e. The molecule has 0 amide bonds. The van der Waals surface area contributed by atoms with Crippen LogP contribution in [-0.4, -0.2) is 6.54 Å². The van der Waals surface area contributed by atoms with Crippen LogP contribution in [-0.2, 0) is 6.42 Å². The van der Waals surface area contributed by atoms with E-state index in [1.165, 1.54) is 12.8 Å². The predicted octanol–water partition coefficient (Wildman–Crippen LogP) is 3.60. The number of hydrogen-bond donors (Lipinski definition) is 1. The van der Waals surface area contributed by atoms with Crippen LogP contribution < -0.4 is 5.32 Å². The van der Waals surface area contributed by atoms with Crippen LogP contribution in [0.15, 0.2) is 24.3 Å². The molecule has 0 aliphatic carbocycles. The number of nitrogens with zero attached hydrogens (tertiary/aromatic N) is 1. The first kappa shape index (κ1) is 12.6. The average Bonchev–Trinajstić information content (AvgIpc) is 2.27. The molecule has 86 valence electrons. The Labute approximate surface area is 98.3 Å². The highest BCUT2D eigenvalue weighted by molar-refractivity contribution is 5.44. The Balaban J connectivity index is 2.30. The van der Waals surface area contributed by atoms with E-state index in [1.54, 1.807) is 0 Å². The molecule has 0 aliphatic heterocycles. The molecule has 0 atom stereocenters. The van der Waals surface area contributed by atoms with E-state index in [9.17, 15) is 0 Å². The van der Waals surface area contributed by atoms with E-state index in [0.29, 0.717) is 6.42 Å². The van der Waals surface area contributed by atoms with Gasteiger partial charge in [-0.15, -0.1) is 0 Å². The van der Waals surface area contributed by atoms with E-state index in [2.05, 4.69) is 25.2 Å². The third-order valence-corrected chi connectivity index (χ3v) is 2.52. The third-order valence-electron chi connectivity index (χ3n) is 2.52. The standard InChI is InChI=1S/C14H20N2/c1-12(2)4-3-11-16-14-7-5-13(6-8-14)9-10-15/h5-8,12,16H,3-4,9,11H2,1-2H3. The number of benzene rings is 1. The summed E-state index contributed by atoms with van der Waals surface area (Å²) in [5, 5.41) is 11.9. The average molecular weight is 216 g/mol. The van der Waals surface area contributed by atoms with E-state index in [4.69, 9.17) is 5.26 Å². The van der Waals surface area contributed by atoms with Crippen LogP contribution in [0.3, 0.4) is 0 Å². The van der Waals surface area contributed by atoms with Crippen LogP contribution >= 0.6 is 0 Å². The highest BCUT2D eigenvalue weighted by atomic mass is 14.9. The van der Waals surface area contributed by atoms with Crippen molar-refractivity contribution in [2.45, 2.75) is 33.1 Å². The zero-order valence-electron chi connectivity index (χ0n) is 10.2. The van der Waals surface area contributed by atoms with Gasteiger partial charge in [0, 0.05) is 12.2 Å². The van der Waals surface area contributed by atoms with Gasteiger partial charge in [0.15, 0.2) is 0 Å². The fourth-order valence-corrected chi connectivity index (χ4v) is 1.57. The number of anilines is 1. The van der Waals surface area contributed by atoms with E-state index in [1.807, 2.05) is 24.3 Å². The van der Waals surface area contributed by atoms with Gasteiger partial charge >= 0.3 is 0 Å². The van der Waals surface area contributed by atoms with Crippen LogP contribution in [0.25, 0.3) is 0 Å². The molecule has 0 radical (unpaired) electrons. The second-order valence-corrected chi connectivity index (χ2v) is 4.49. The van der Waals surface area contributed by atoms with Crippen molar-refractivity contribution in [2.24, 2.45) is 5.92 Å². The molecule has 1 aromatic rings. The Hall–Kier alpha value is -1.49. The molecule has 0 saturated heterocycles. The van der Waals surface area contributed by atoms with Crippen molar-refractivity contribution in [2.75, 3.05) is 11.9 Å². The molecule has 1 N–H and O–H groups in total. The molecule has 16 heavy (non-hydrogen) atoms. The number of rotatable bonds is 6. The van der Waals surface area contributed by atoms with E-state index < -0.39 is 0 Å². The molecule has 0 heterocycles. The third kappa shape index (κ3) is 4.84. The second-order valence-electron chi connectivity index (χ2n) is 4.49. The molecule has 2 nitrogen and oxygen atoms in total. The molecule has 0 spiro atoms. The minimum absolute atomic E-state index is 0.494. The zero-order valence-corrected chi connectivity index (χ0v) is 10.2. The maximum absolute atomic E-state index is 8.55. The highest BCUT2D eigenvalue weighted by Gasteiger charge is 1.95. The summed E-state index contributed by atoms with van der Waals surface area (Å²) in [4.78, 5) is 0. The van der Waals surface area contributed by atoms with Gasteiger partial charge < -0.3 is 5.32 Å². The minimum atomic E-state index is 0.494. The van der Waals surface area contributed by atoms with Crippen molar-refractivity contribution < 1.29 is 0 Å². The Morgan fingerprint density at radius 3 is 2.50 bits per heavy atom. The van der Waals surface area contributed by atoms with Gasteiger partial charge in [-0.05, 0) is 36.5 Å². The van der Waals surface area contributed by atoms with Crippen LogP contribution in [0.1, 0.15) is 32.3 Å². The molecule has 0 aliphatic rings. The zero-order chi connectivity index (χ0) is 11.8. The summed E-state index contributed by atoms with van der Waals surface area (Å²) in [7, 11) is 0. The van der Waals surface area contributed by atoms with Crippen molar-refractivity contribution in [1.29, 1.82) is 5.26 Å². The Bertz CT molecular complexity index is 333. The predicted molar refractivity (Wildman–Crippen MR) is 68.3 cm³/mol. The quantitative estimate of drug-likeness (QED) is 0.737. The summed E-state index contributed by atoms with van der Waals surface area (Å²) in [6.07, 6.45) is 2.96. The van der Waals surface area contributed by atoms with Gasteiger partial charge in [0.1, 0.15) is 0 Å². The Morgan fingerprint density at radius 1 is 1.25 bits per heavy atom. The van der Waals surface area contributed by atoms with Crippen LogP contribution in [0.4, 0.5) is 5.69 Å². The Morgan fingerprint density at radius 2 is 1.94 bits per heavy atom. The Kier molecular flexibility index (Phi) is 5.42. The first-order chi connectivity index (χ1) is 7.72. The van der Waals surface area contributed by atoms with Crippen molar-refractivity contribution in [3.05, 3.63) is 29.8 Å². The second kappa shape index (κ2) is 6.90. The lowest BCUT2D eigenvalue weighted by Gasteiger charge is -2.08. The molecule has 1 rings (SSSR count). The van der Waals surface area contributed by atoms with Gasteiger partial charge in [-0.1, -0.05) is 26.0 Å². The molecule has 0 bridgehead atoms. The first-order valence-corrected chi connectivity index (χ1v) is 5.92. The molecular formula is C14H20N2. The maximum atomic E-state index is 8.55. The normalized spacial score (nSPS) is 10.1. The summed E-state index contributed by atoms with van der Waals surface area (Å²) < 4.78 is 0. The van der Waals surface area contributed by atoms with Gasteiger partial charge in [0.2, 0.25) is 0 Å². The SMILES string of the molecule is CC(C)CCCNc1ccc(CC#N)cc1. The molecular weight excluding hydrogens is 196 g/mol. The largest absolute Gasteiger partial charge is 0.385 e. The number of hydrogen-bond acceptors (Lipinski definition) is 2. The van der Waals surface area contributed by atoms with E-state index >= 15 is 0 Å². The summed E-state index contributed by atoms with van der Waals surface area (Å²) >= 11 is 0. The monoisotopic (exact) mass is 216 g/mol. The van der Waals surface area contributed by atoms with Crippen molar-refractivity contribution in [3.63, 3.8) is 0 Å². The van der Waals surface area contributed by atoms with E-state index in [0.717, 1.165) is 23.7 Å². The topological polar surface area (TPSA) is 35.8 Å². The van der Waals surface area contributed by atoms with Gasteiger partial charge in [-0.25, -0.2) is 0 Å². The molecule has 1 aromatic carbocycles. The number of nitriles is 1. The smallest absolute Gasteiger partial charge is 0.0669 e. The maximum Gasteiger partial charge on any atom is 0.0669 e. The fraction of sp³-hybridized carbons (Fsp3) is 0.500.